The Labute approximate surface area is 231 Å². The number of hydrogen-bond acceptors (Lipinski definition) is 6. The number of H-pyrrole nitrogens is 1. The quantitative estimate of drug-likeness (QED) is 0.246. The summed E-state index contributed by atoms with van der Waals surface area (Å²) in [5.41, 5.74) is 5.67. The molecule has 10 nitrogen and oxygen atoms in total. The smallest absolute Gasteiger partial charge is 0.413 e. The number of ether oxygens (including phenoxy) is 1. The minimum absolute atomic E-state index is 0.139. The van der Waals surface area contributed by atoms with Crippen LogP contribution in [-0.4, -0.2) is 36.1 Å². The van der Waals surface area contributed by atoms with E-state index in [0.29, 0.717) is 24.7 Å². The van der Waals surface area contributed by atoms with Crippen LogP contribution in [0.2, 0.25) is 0 Å². The largest absolute Gasteiger partial charge is 0.444 e. The predicted molar refractivity (Wildman–Crippen MR) is 153 cm³/mol. The van der Waals surface area contributed by atoms with Crippen molar-refractivity contribution >= 4 is 11.9 Å². The molecular formula is C30H31N7O3. The van der Waals surface area contributed by atoms with Crippen LogP contribution in [-0.2, 0) is 24.4 Å². The summed E-state index contributed by atoms with van der Waals surface area (Å²) in [6.45, 7) is 5.16. The van der Waals surface area contributed by atoms with Gasteiger partial charge in [-0.1, -0.05) is 91.7 Å². The molecular weight excluding hydrogens is 506 g/mol. The average Bonchev–Trinajstić information content (AvgIpc) is 3.60. The summed E-state index contributed by atoms with van der Waals surface area (Å²) in [6.07, 6.45) is 1.16. The Morgan fingerprint density at radius 2 is 1.68 bits per heavy atom. The van der Waals surface area contributed by atoms with Gasteiger partial charge in [0, 0.05) is 18.2 Å². The Morgan fingerprint density at radius 3 is 2.38 bits per heavy atom. The summed E-state index contributed by atoms with van der Waals surface area (Å²) >= 11 is 0. The van der Waals surface area contributed by atoms with Gasteiger partial charge < -0.3 is 4.74 Å². The molecule has 0 unspecified atom stereocenters. The fourth-order valence-electron chi connectivity index (χ4n) is 4.47. The Morgan fingerprint density at radius 1 is 0.950 bits per heavy atom. The van der Waals surface area contributed by atoms with Gasteiger partial charge in [-0.3, -0.25) is 14.8 Å². The van der Waals surface area contributed by atoms with Crippen molar-refractivity contribution in [1.29, 1.82) is 0 Å². The lowest BCUT2D eigenvalue weighted by Crippen LogP contribution is -2.25. The van der Waals surface area contributed by atoms with Gasteiger partial charge in [0.2, 0.25) is 5.82 Å². The third-order valence-corrected chi connectivity index (χ3v) is 6.64. The third-order valence-electron chi connectivity index (χ3n) is 6.64. The zero-order valence-corrected chi connectivity index (χ0v) is 22.5. The number of nitrogens with zero attached hydrogens (tertiary/aromatic N) is 5. The molecule has 2 N–H and O–H groups in total. The standard InChI is InChI=1S/C30H31N7O3/c1-3-4-17-36-28(38)18-27(31-30(39)40-20-23-11-9-21(2)10-12-23)37(36)19-22-13-15-24(16-14-22)25-7-5-6-8-26(25)29-32-34-35-33-29/h5-16,18H,3-4,17,19-20H2,1-2H3,(H,31,39)(H,32,33,34,35). The van der Waals surface area contributed by atoms with Crippen molar-refractivity contribution < 1.29 is 9.53 Å². The second kappa shape index (κ2) is 12.2. The van der Waals surface area contributed by atoms with Gasteiger partial charge >= 0.3 is 6.09 Å². The zero-order valence-electron chi connectivity index (χ0n) is 22.5. The molecule has 0 aliphatic carbocycles. The third kappa shape index (κ3) is 6.17. The highest BCUT2D eigenvalue weighted by molar-refractivity contribution is 5.83. The van der Waals surface area contributed by atoms with E-state index >= 15 is 0 Å². The molecule has 0 fully saturated rings. The minimum atomic E-state index is -0.615. The molecule has 0 saturated heterocycles. The Hall–Kier alpha value is -4.99. The van der Waals surface area contributed by atoms with E-state index in [2.05, 4.69) is 32.9 Å². The molecule has 0 radical (unpaired) electrons. The molecule has 0 aliphatic heterocycles. The molecule has 0 atom stereocenters. The van der Waals surface area contributed by atoms with Crippen molar-refractivity contribution in [2.75, 3.05) is 5.32 Å². The number of rotatable bonds is 10. The highest BCUT2D eigenvalue weighted by atomic mass is 16.5. The lowest BCUT2D eigenvalue weighted by molar-refractivity contribution is 0.155. The molecule has 5 aromatic rings. The van der Waals surface area contributed by atoms with Crippen LogP contribution in [0.3, 0.4) is 0 Å². The van der Waals surface area contributed by atoms with Crippen LogP contribution >= 0.6 is 0 Å². The van der Waals surface area contributed by atoms with Crippen molar-refractivity contribution in [3.05, 3.63) is 106 Å². The second-order valence-corrected chi connectivity index (χ2v) is 9.57. The number of tetrazole rings is 1. The highest BCUT2D eigenvalue weighted by Gasteiger charge is 2.16. The van der Waals surface area contributed by atoms with Gasteiger partial charge in [-0.15, -0.1) is 10.2 Å². The molecule has 2 heterocycles. The topological polar surface area (TPSA) is 120 Å². The number of amides is 1. The lowest BCUT2D eigenvalue weighted by Gasteiger charge is -2.16. The van der Waals surface area contributed by atoms with E-state index in [-0.39, 0.29) is 12.2 Å². The molecule has 204 valence electrons. The maximum Gasteiger partial charge on any atom is 0.413 e. The summed E-state index contributed by atoms with van der Waals surface area (Å²) in [4.78, 5) is 25.5. The van der Waals surface area contributed by atoms with E-state index < -0.39 is 6.09 Å². The van der Waals surface area contributed by atoms with Crippen molar-refractivity contribution in [2.45, 2.75) is 46.4 Å². The van der Waals surface area contributed by atoms with Crippen LogP contribution in [0.15, 0.2) is 83.7 Å². The number of carbonyl (C=O) groups excluding carboxylic acids is 1. The summed E-state index contributed by atoms with van der Waals surface area (Å²) in [6, 6.07) is 25.2. The highest BCUT2D eigenvalue weighted by Crippen LogP contribution is 2.30. The molecule has 0 bridgehead atoms. The first-order chi connectivity index (χ1) is 19.5. The van der Waals surface area contributed by atoms with Crippen LogP contribution < -0.4 is 10.9 Å². The molecule has 1 amide bonds. The normalized spacial score (nSPS) is 10.9. The Kier molecular flexibility index (Phi) is 8.15. The van der Waals surface area contributed by atoms with Crippen LogP contribution in [0, 0.1) is 6.92 Å². The van der Waals surface area contributed by atoms with Crippen molar-refractivity contribution in [3.63, 3.8) is 0 Å². The molecule has 40 heavy (non-hydrogen) atoms. The van der Waals surface area contributed by atoms with Gasteiger partial charge in [-0.25, -0.2) is 9.48 Å². The van der Waals surface area contributed by atoms with Gasteiger partial charge in [-0.05, 0) is 40.8 Å². The number of benzene rings is 3. The number of hydrogen-bond donors (Lipinski definition) is 2. The molecule has 3 aromatic carbocycles. The van der Waals surface area contributed by atoms with E-state index in [1.54, 1.807) is 9.36 Å². The number of nitrogens with one attached hydrogen (secondary N) is 2. The SMILES string of the molecule is CCCCn1c(=O)cc(NC(=O)OCc2ccc(C)cc2)n1Cc1ccc(-c2ccccc2-c2nn[nH]n2)cc1. The average molecular weight is 538 g/mol. The van der Waals surface area contributed by atoms with Crippen LogP contribution in [0.25, 0.3) is 22.5 Å². The molecule has 5 rings (SSSR count). The first kappa shape index (κ1) is 26.6. The Bertz CT molecular complexity index is 1620. The number of unbranched alkanes of at least 4 members (excludes halogenated alkanes) is 1. The van der Waals surface area contributed by atoms with Crippen LogP contribution in [0.4, 0.5) is 10.6 Å². The number of carbonyl (C=O) groups is 1. The van der Waals surface area contributed by atoms with E-state index in [4.69, 9.17) is 4.74 Å². The summed E-state index contributed by atoms with van der Waals surface area (Å²) < 4.78 is 8.89. The zero-order chi connectivity index (χ0) is 27.9. The van der Waals surface area contributed by atoms with E-state index in [0.717, 1.165) is 46.2 Å². The van der Waals surface area contributed by atoms with Gasteiger partial charge in [-0.2, -0.15) is 5.21 Å². The maximum absolute atomic E-state index is 12.9. The maximum atomic E-state index is 12.9. The molecule has 10 heteroatoms. The fourth-order valence-corrected chi connectivity index (χ4v) is 4.47. The number of aromatic nitrogens is 6. The first-order valence-corrected chi connectivity index (χ1v) is 13.2. The fraction of sp³-hybridized carbons (Fsp3) is 0.233. The molecule has 2 aromatic heterocycles. The summed E-state index contributed by atoms with van der Waals surface area (Å²) in [5, 5.41) is 17.2. The second-order valence-electron chi connectivity index (χ2n) is 9.57. The van der Waals surface area contributed by atoms with Gasteiger partial charge in [0.25, 0.3) is 5.56 Å². The number of aryl methyl sites for hydroxylation is 1. The van der Waals surface area contributed by atoms with E-state index in [9.17, 15) is 9.59 Å². The molecule has 0 aliphatic rings. The van der Waals surface area contributed by atoms with Crippen molar-refractivity contribution in [3.8, 4) is 22.5 Å². The monoisotopic (exact) mass is 537 g/mol. The van der Waals surface area contributed by atoms with Crippen LogP contribution in [0.5, 0.6) is 0 Å². The molecule has 0 spiro atoms. The van der Waals surface area contributed by atoms with Gasteiger partial charge in [0.15, 0.2) is 0 Å². The van der Waals surface area contributed by atoms with E-state index in [1.807, 2.05) is 79.7 Å². The van der Waals surface area contributed by atoms with Crippen LogP contribution in [0.1, 0.15) is 36.5 Å². The van der Waals surface area contributed by atoms with Crippen molar-refractivity contribution in [2.24, 2.45) is 0 Å². The van der Waals surface area contributed by atoms with Gasteiger partial charge in [0.1, 0.15) is 12.4 Å². The molecule has 0 saturated carbocycles. The number of anilines is 1. The van der Waals surface area contributed by atoms with Gasteiger partial charge in [0.05, 0.1) is 6.54 Å². The summed E-state index contributed by atoms with van der Waals surface area (Å²) in [7, 11) is 0. The lowest BCUT2D eigenvalue weighted by atomic mass is 9.98. The van der Waals surface area contributed by atoms with E-state index in [1.165, 1.54) is 6.07 Å². The Balaban J connectivity index is 1.36. The summed E-state index contributed by atoms with van der Waals surface area (Å²) in [5.74, 6) is 0.915. The number of aromatic amines is 1. The predicted octanol–water partition coefficient (Wildman–Crippen LogP) is 5.40. The first-order valence-electron chi connectivity index (χ1n) is 13.2. The van der Waals surface area contributed by atoms with Crippen molar-refractivity contribution in [1.82, 2.24) is 30.0 Å². The minimum Gasteiger partial charge on any atom is -0.444 e.